The first-order chi connectivity index (χ1) is 16.5. The summed E-state index contributed by atoms with van der Waals surface area (Å²) < 4.78 is 0. The molecule has 6 rings (SSSR count). The van der Waals surface area contributed by atoms with Crippen LogP contribution in [-0.4, -0.2) is 39.2 Å². The van der Waals surface area contributed by atoms with E-state index in [0.717, 1.165) is 38.9 Å². The first kappa shape index (κ1) is 20.7. The van der Waals surface area contributed by atoms with Gasteiger partial charge >= 0.3 is 0 Å². The van der Waals surface area contributed by atoms with E-state index in [4.69, 9.17) is 0 Å². The van der Waals surface area contributed by atoms with Gasteiger partial charge in [0, 0.05) is 29.6 Å². The summed E-state index contributed by atoms with van der Waals surface area (Å²) in [5.41, 5.74) is 7.59. The van der Waals surface area contributed by atoms with Gasteiger partial charge in [0.2, 0.25) is 11.8 Å². The van der Waals surface area contributed by atoms with Gasteiger partial charge in [-0.2, -0.15) is 0 Å². The minimum Gasteiger partial charge on any atom is -0.356 e. The molecule has 5 heteroatoms. The van der Waals surface area contributed by atoms with Crippen molar-refractivity contribution in [1.82, 2.24) is 14.8 Å². The first-order valence-corrected chi connectivity index (χ1v) is 11.8. The van der Waals surface area contributed by atoms with E-state index in [1.165, 1.54) is 5.56 Å². The number of fused-ring (bicyclic) bond motifs is 4. The van der Waals surface area contributed by atoms with E-state index in [1.807, 2.05) is 54.3 Å². The molecule has 4 aromatic rings. The first-order valence-electron chi connectivity index (χ1n) is 11.8. The minimum atomic E-state index is -0.510. The van der Waals surface area contributed by atoms with Crippen molar-refractivity contribution >= 4 is 22.7 Å². The molecule has 34 heavy (non-hydrogen) atoms. The lowest BCUT2D eigenvalue weighted by Gasteiger charge is -2.47. The predicted molar refractivity (Wildman–Crippen MR) is 132 cm³/mol. The summed E-state index contributed by atoms with van der Waals surface area (Å²) in [5, 5.41) is 1.13. The number of nitrogens with zero attached hydrogens (tertiary/aromatic N) is 2. The van der Waals surface area contributed by atoms with Gasteiger partial charge in [0.05, 0.1) is 6.04 Å². The molecule has 0 spiro atoms. The van der Waals surface area contributed by atoms with Crippen molar-refractivity contribution in [2.75, 3.05) is 6.54 Å². The number of hydrogen-bond donors (Lipinski definition) is 1. The fourth-order valence-electron chi connectivity index (χ4n) is 5.56. The van der Waals surface area contributed by atoms with Gasteiger partial charge in [0.25, 0.3) is 0 Å². The molecule has 0 bridgehead atoms. The van der Waals surface area contributed by atoms with E-state index < -0.39 is 6.04 Å². The molecule has 2 aliphatic heterocycles. The van der Waals surface area contributed by atoms with Crippen molar-refractivity contribution in [3.05, 3.63) is 106 Å². The lowest BCUT2D eigenvalue weighted by Crippen LogP contribution is -2.62. The van der Waals surface area contributed by atoms with Crippen LogP contribution in [0.1, 0.15) is 39.6 Å². The number of piperazine rings is 1. The van der Waals surface area contributed by atoms with Gasteiger partial charge in [-0.3, -0.25) is 9.59 Å². The molecule has 1 fully saturated rings. The number of aromatic amines is 1. The maximum Gasteiger partial charge on any atom is 0.246 e. The van der Waals surface area contributed by atoms with Crippen LogP contribution in [0, 0.1) is 13.8 Å². The SMILES string of the molecule is Cc1ccc(CN2CC(=O)N3C(Cc4c([nH]c5ccccc45)C3c3cccc(C)c3)C2=O)cc1. The van der Waals surface area contributed by atoms with Gasteiger partial charge in [-0.05, 0) is 36.6 Å². The lowest BCUT2D eigenvalue weighted by molar-refractivity contribution is -0.159. The largest absolute Gasteiger partial charge is 0.356 e. The van der Waals surface area contributed by atoms with Crippen LogP contribution in [0.4, 0.5) is 0 Å². The fraction of sp³-hybridized carbons (Fsp3) is 0.241. The van der Waals surface area contributed by atoms with E-state index in [2.05, 4.69) is 42.2 Å². The third-order valence-electron chi connectivity index (χ3n) is 7.19. The molecule has 3 aromatic carbocycles. The van der Waals surface area contributed by atoms with Gasteiger partial charge in [-0.1, -0.05) is 77.9 Å². The Labute approximate surface area is 199 Å². The molecular formula is C29H27N3O2. The highest BCUT2D eigenvalue weighted by molar-refractivity contribution is 5.97. The second kappa shape index (κ2) is 7.87. The van der Waals surface area contributed by atoms with Crippen LogP contribution in [0.3, 0.4) is 0 Å². The molecule has 0 aliphatic carbocycles. The average molecular weight is 450 g/mol. The molecule has 2 amide bonds. The Balaban J connectivity index is 1.45. The summed E-state index contributed by atoms with van der Waals surface area (Å²) in [6, 6.07) is 23.8. The number of aromatic nitrogens is 1. The highest BCUT2D eigenvalue weighted by Gasteiger charge is 2.48. The zero-order valence-corrected chi connectivity index (χ0v) is 19.4. The number of H-pyrrole nitrogens is 1. The number of hydrogen-bond acceptors (Lipinski definition) is 2. The second-order valence-corrected chi connectivity index (χ2v) is 9.58. The second-order valence-electron chi connectivity index (χ2n) is 9.58. The highest BCUT2D eigenvalue weighted by atomic mass is 16.2. The van der Waals surface area contributed by atoms with Gasteiger partial charge in [-0.25, -0.2) is 0 Å². The van der Waals surface area contributed by atoms with Crippen molar-refractivity contribution in [3.8, 4) is 0 Å². The number of aryl methyl sites for hydroxylation is 2. The van der Waals surface area contributed by atoms with Crippen LogP contribution in [-0.2, 0) is 22.6 Å². The van der Waals surface area contributed by atoms with Gasteiger partial charge in [0.1, 0.15) is 12.6 Å². The Kier molecular flexibility index (Phi) is 4.80. The summed E-state index contributed by atoms with van der Waals surface area (Å²) in [4.78, 5) is 34.6. The molecule has 3 heterocycles. The third-order valence-corrected chi connectivity index (χ3v) is 7.19. The molecule has 0 saturated carbocycles. The van der Waals surface area contributed by atoms with Crippen LogP contribution in [0.15, 0.2) is 72.8 Å². The zero-order chi connectivity index (χ0) is 23.4. The van der Waals surface area contributed by atoms with Crippen LogP contribution in [0.5, 0.6) is 0 Å². The molecule has 5 nitrogen and oxygen atoms in total. The minimum absolute atomic E-state index is 0.00692. The van der Waals surface area contributed by atoms with Crippen LogP contribution in [0.2, 0.25) is 0 Å². The van der Waals surface area contributed by atoms with E-state index >= 15 is 0 Å². The Bertz CT molecular complexity index is 1420. The number of carbonyl (C=O) groups is 2. The maximum absolute atomic E-state index is 13.8. The smallest absolute Gasteiger partial charge is 0.246 e. The molecule has 2 unspecified atom stereocenters. The molecule has 1 N–H and O–H groups in total. The summed E-state index contributed by atoms with van der Waals surface area (Å²) in [6.07, 6.45) is 0.524. The summed E-state index contributed by atoms with van der Waals surface area (Å²) in [6.45, 7) is 4.65. The Morgan fingerprint density at radius 3 is 2.50 bits per heavy atom. The molecule has 1 aromatic heterocycles. The Morgan fingerprint density at radius 2 is 1.71 bits per heavy atom. The summed E-state index contributed by atoms with van der Waals surface area (Å²) >= 11 is 0. The average Bonchev–Trinajstić information content (AvgIpc) is 3.21. The van der Waals surface area contributed by atoms with Crippen LogP contribution in [0.25, 0.3) is 10.9 Å². The number of carbonyl (C=O) groups excluding carboxylic acids is 2. The monoisotopic (exact) mass is 449 g/mol. The van der Waals surface area contributed by atoms with E-state index in [0.29, 0.717) is 13.0 Å². The molecule has 2 atom stereocenters. The topological polar surface area (TPSA) is 56.4 Å². The van der Waals surface area contributed by atoms with E-state index in [9.17, 15) is 9.59 Å². The number of rotatable bonds is 3. The molecule has 170 valence electrons. The van der Waals surface area contributed by atoms with Gasteiger partial charge < -0.3 is 14.8 Å². The third kappa shape index (κ3) is 3.31. The van der Waals surface area contributed by atoms with Crippen molar-refractivity contribution in [2.24, 2.45) is 0 Å². The van der Waals surface area contributed by atoms with E-state index in [1.54, 1.807) is 4.90 Å². The maximum atomic E-state index is 13.8. The number of nitrogens with one attached hydrogen (secondary N) is 1. The number of amides is 2. The molecule has 2 aliphatic rings. The summed E-state index contributed by atoms with van der Waals surface area (Å²) in [7, 11) is 0. The molecular weight excluding hydrogens is 422 g/mol. The van der Waals surface area contributed by atoms with Crippen molar-refractivity contribution in [2.45, 2.75) is 38.9 Å². The molecule has 1 saturated heterocycles. The normalized spacial score (nSPS) is 19.9. The van der Waals surface area contributed by atoms with E-state index in [-0.39, 0.29) is 24.4 Å². The lowest BCUT2D eigenvalue weighted by atomic mass is 9.86. The fourth-order valence-corrected chi connectivity index (χ4v) is 5.56. The van der Waals surface area contributed by atoms with Crippen molar-refractivity contribution in [3.63, 3.8) is 0 Å². The van der Waals surface area contributed by atoms with Crippen molar-refractivity contribution in [1.29, 1.82) is 0 Å². The van der Waals surface area contributed by atoms with Crippen LogP contribution < -0.4 is 0 Å². The summed E-state index contributed by atoms with van der Waals surface area (Å²) in [5.74, 6) is 0.0151. The standard InChI is InChI=1S/C29H27N3O2/c1-18-10-12-20(13-11-18)16-31-17-26(33)32-25(29(31)34)15-23-22-8-3-4-9-24(22)30-27(23)28(32)21-7-5-6-19(2)14-21/h3-14,25,28,30H,15-17H2,1-2H3. The van der Waals surface area contributed by atoms with Crippen LogP contribution >= 0.6 is 0 Å². The Morgan fingerprint density at radius 1 is 0.912 bits per heavy atom. The zero-order valence-electron chi connectivity index (χ0n) is 19.4. The van der Waals surface area contributed by atoms with Gasteiger partial charge in [-0.15, -0.1) is 0 Å². The van der Waals surface area contributed by atoms with Gasteiger partial charge in [0.15, 0.2) is 0 Å². The predicted octanol–water partition coefficient (Wildman–Crippen LogP) is 4.67. The number of benzene rings is 3. The van der Waals surface area contributed by atoms with Crippen molar-refractivity contribution < 1.29 is 9.59 Å². The Hall–Kier alpha value is -3.86. The molecule has 0 radical (unpaired) electrons. The highest BCUT2D eigenvalue weighted by Crippen LogP contribution is 2.42. The quantitative estimate of drug-likeness (QED) is 0.494. The number of para-hydroxylation sites is 1.